The van der Waals surface area contributed by atoms with E-state index in [9.17, 15) is 0 Å². The summed E-state index contributed by atoms with van der Waals surface area (Å²) in [6.07, 6.45) is 10.2. The normalized spacial score (nSPS) is 13.1. The third-order valence-corrected chi connectivity index (χ3v) is 2.98. The van der Waals surface area contributed by atoms with Crippen LogP contribution in [-0.2, 0) is 6.42 Å². The van der Waals surface area contributed by atoms with Crippen LogP contribution in [0.3, 0.4) is 0 Å². The minimum atomic E-state index is 0.263. The number of hydrogen-bond donors (Lipinski definition) is 2. The number of nitrogens with two attached hydrogens (primary N) is 1. The molecule has 2 rings (SSSR count). The van der Waals surface area contributed by atoms with Gasteiger partial charge in [-0.3, -0.25) is 4.98 Å². The van der Waals surface area contributed by atoms with Gasteiger partial charge in [0.2, 0.25) is 0 Å². The highest BCUT2D eigenvalue weighted by molar-refractivity contribution is 5.82. The molecule has 2 aromatic rings. The van der Waals surface area contributed by atoms with E-state index in [2.05, 4.69) is 23.1 Å². The van der Waals surface area contributed by atoms with Crippen LogP contribution in [0.1, 0.15) is 31.7 Å². The summed E-state index contributed by atoms with van der Waals surface area (Å²) < 4.78 is 0. The first-order chi connectivity index (χ1) is 7.81. The Morgan fingerprint density at radius 3 is 3.19 bits per heavy atom. The van der Waals surface area contributed by atoms with Gasteiger partial charge in [0.25, 0.3) is 0 Å². The van der Waals surface area contributed by atoms with Gasteiger partial charge < -0.3 is 10.7 Å². The molecule has 2 aromatic heterocycles. The summed E-state index contributed by atoms with van der Waals surface area (Å²) in [5.41, 5.74) is 8.54. The van der Waals surface area contributed by atoms with Gasteiger partial charge >= 0.3 is 0 Å². The monoisotopic (exact) mass is 217 g/mol. The Morgan fingerprint density at radius 1 is 1.50 bits per heavy atom. The molecule has 0 amide bonds. The lowest BCUT2D eigenvalue weighted by atomic mass is 10.0. The summed E-state index contributed by atoms with van der Waals surface area (Å²) in [5, 5.41) is 1.20. The van der Waals surface area contributed by atoms with Crippen LogP contribution in [-0.4, -0.2) is 16.0 Å². The van der Waals surface area contributed by atoms with Crippen molar-refractivity contribution >= 4 is 10.9 Å². The minimum absolute atomic E-state index is 0.263. The molecule has 0 fully saturated rings. The van der Waals surface area contributed by atoms with Gasteiger partial charge in [-0.15, -0.1) is 0 Å². The van der Waals surface area contributed by atoms with Gasteiger partial charge in [0.15, 0.2) is 0 Å². The molecule has 3 heteroatoms. The van der Waals surface area contributed by atoms with Gasteiger partial charge in [-0.1, -0.05) is 19.8 Å². The summed E-state index contributed by atoms with van der Waals surface area (Å²) >= 11 is 0. The second-order valence-electron chi connectivity index (χ2n) is 4.34. The Labute approximate surface area is 96.1 Å². The predicted molar refractivity (Wildman–Crippen MR) is 67.3 cm³/mol. The van der Waals surface area contributed by atoms with Crippen LogP contribution in [0, 0.1) is 0 Å². The zero-order valence-electron chi connectivity index (χ0n) is 9.74. The number of pyridine rings is 1. The molecule has 16 heavy (non-hydrogen) atoms. The number of rotatable bonds is 5. The molecule has 2 heterocycles. The van der Waals surface area contributed by atoms with Crippen LogP contribution >= 0.6 is 0 Å². The Morgan fingerprint density at radius 2 is 2.38 bits per heavy atom. The third kappa shape index (κ3) is 2.42. The Kier molecular flexibility index (Phi) is 3.57. The van der Waals surface area contributed by atoms with Crippen molar-refractivity contribution in [1.29, 1.82) is 0 Å². The van der Waals surface area contributed by atoms with Gasteiger partial charge in [0.1, 0.15) is 0 Å². The van der Waals surface area contributed by atoms with Gasteiger partial charge in [0, 0.05) is 35.5 Å². The van der Waals surface area contributed by atoms with Crippen molar-refractivity contribution in [1.82, 2.24) is 9.97 Å². The molecule has 0 aliphatic rings. The number of hydrogen-bond acceptors (Lipinski definition) is 2. The summed E-state index contributed by atoms with van der Waals surface area (Å²) in [7, 11) is 0. The molecule has 86 valence electrons. The van der Waals surface area contributed by atoms with Crippen LogP contribution in [0.5, 0.6) is 0 Å². The van der Waals surface area contributed by atoms with E-state index in [4.69, 9.17) is 5.73 Å². The number of nitrogens with zero attached hydrogens (tertiary/aromatic N) is 1. The van der Waals surface area contributed by atoms with Gasteiger partial charge in [0.05, 0.1) is 0 Å². The fraction of sp³-hybridized carbons (Fsp3) is 0.462. The molecule has 0 aliphatic carbocycles. The standard InChI is InChI=1S/C13H19N3/c1-2-3-4-11(14)7-10-8-16-13-5-6-15-9-12(10)13/h5-6,8-9,11,16H,2-4,7,14H2,1H3. The molecule has 1 unspecified atom stereocenters. The molecule has 0 radical (unpaired) electrons. The molecule has 0 saturated heterocycles. The lowest BCUT2D eigenvalue weighted by Crippen LogP contribution is -2.22. The van der Waals surface area contributed by atoms with E-state index in [1.807, 2.05) is 12.3 Å². The largest absolute Gasteiger partial charge is 0.361 e. The number of fused-ring (bicyclic) bond motifs is 1. The van der Waals surface area contributed by atoms with Gasteiger partial charge in [-0.25, -0.2) is 0 Å². The third-order valence-electron chi connectivity index (χ3n) is 2.98. The Balaban J connectivity index is 2.09. The van der Waals surface area contributed by atoms with E-state index < -0.39 is 0 Å². The molecule has 0 saturated carbocycles. The van der Waals surface area contributed by atoms with Crippen LogP contribution in [0.2, 0.25) is 0 Å². The highest BCUT2D eigenvalue weighted by Gasteiger charge is 2.08. The summed E-state index contributed by atoms with van der Waals surface area (Å²) in [4.78, 5) is 7.41. The van der Waals surface area contributed by atoms with E-state index in [0.29, 0.717) is 0 Å². The predicted octanol–water partition coefficient (Wildman–Crippen LogP) is 2.62. The van der Waals surface area contributed by atoms with Crippen LogP contribution in [0.15, 0.2) is 24.7 Å². The quantitative estimate of drug-likeness (QED) is 0.809. The number of nitrogens with one attached hydrogen (secondary N) is 1. The number of unbranched alkanes of at least 4 members (excludes halogenated alkanes) is 1. The smallest absolute Gasteiger partial charge is 0.0487 e. The van der Waals surface area contributed by atoms with Crippen molar-refractivity contribution in [2.24, 2.45) is 5.73 Å². The van der Waals surface area contributed by atoms with Crippen LogP contribution < -0.4 is 5.73 Å². The van der Waals surface area contributed by atoms with Crippen molar-refractivity contribution in [2.75, 3.05) is 0 Å². The molecule has 0 bridgehead atoms. The highest BCUT2D eigenvalue weighted by Crippen LogP contribution is 2.18. The lowest BCUT2D eigenvalue weighted by Gasteiger charge is -2.09. The van der Waals surface area contributed by atoms with E-state index in [1.54, 1.807) is 6.20 Å². The zero-order valence-corrected chi connectivity index (χ0v) is 9.74. The number of aromatic nitrogens is 2. The average molecular weight is 217 g/mol. The molecule has 3 N–H and O–H groups in total. The average Bonchev–Trinajstić information content (AvgIpc) is 2.70. The molecule has 0 aliphatic heterocycles. The van der Waals surface area contributed by atoms with Crippen LogP contribution in [0.4, 0.5) is 0 Å². The molecule has 3 nitrogen and oxygen atoms in total. The molecular weight excluding hydrogens is 198 g/mol. The van der Waals surface area contributed by atoms with E-state index >= 15 is 0 Å². The lowest BCUT2D eigenvalue weighted by molar-refractivity contribution is 0.575. The first-order valence-electron chi connectivity index (χ1n) is 5.96. The molecule has 1 atom stereocenters. The van der Waals surface area contributed by atoms with Crippen molar-refractivity contribution in [2.45, 2.75) is 38.6 Å². The van der Waals surface area contributed by atoms with Gasteiger partial charge in [-0.05, 0) is 24.5 Å². The maximum absolute atomic E-state index is 6.11. The van der Waals surface area contributed by atoms with Gasteiger partial charge in [-0.2, -0.15) is 0 Å². The number of H-pyrrole nitrogens is 1. The maximum atomic E-state index is 6.11. The van der Waals surface area contributed by atoms with Crippen molar-refractivity contribution < 1.29 is 0 Å². The maximum Gasteiger partial charge on any atom is 0.0487 e. The summed E-state index contributed by atoms with van der Waals surface area (Å²) in [6.45, 7) is 2.20. The molecular formula is C13H19N3. The fourth-order valence-electron chi connectivity index (χ4n) is 2.04. The fourth-order valence-corrected chi connectivity index (χ4v) is 2.04. The Hall–Kier alpha value is -1.35. The first kappa shape index (κ1) is 11.1. The topological polar surface area (TPSA) is 54.7 Å². The minimum Gasteiger partial charge on any atom is -0.361 e. The SMILES string of the molecule is CCCCC(N)Cc1c[nH]c2ccncc12. The zero-order chi connectivity index (χ0) is 11.4. The summed E-state index contributed by atoms with van der Waals surface area (Å²) in [6, 6.07) is 2.26. The molecule has 0 aromatic carbocycles. The van der Waals surface area contributed by atoms with Crippen LogP contribution in [0.25, 0.3) is 10.9 Å². The first-order valence-corrected chi connectivity index (χ1v) is 5.96. The molecule has 0 spiro atoms. The van der Waals surface area contributed by atoms with Crippen molar-refractivity contribution in [3.63, 3.8) is 0 Å². The second kappa shape index (κ2) is 5.12. The summed E-state index contributed by atoms with van der Waals surface area (Å²) in [5.74, 6) is 0. The Bertz CT molecular complexity index is 447. The van der Waals surface area contributed by atoms with E-state index in [1.165, 1.54) is 23.8 Å². The second-order valence-corrected chi connectivity index (χ2v) is 4.34. The highest BCUT2D eigenvalue weighted by atomic mass is 14.7. The van der Waals surface area contributed by atoms with E-state index in [0.717, 1.165) is 18.4 Å². The van der Waals surface area contributed by atoms with Crippen molar-refractivity contribution in [3.05, 3.63) is 30.2 Å². The number of aromatic amines is 1. The van der Waals surface area contributed by atoms with Crippen molar-refractivity contribution in [3.8, 4) is 0 Å². The van der Waals surface area contributed by atoms with E-state index in [-0.39, 0.29) is 6.04 Å².